The van der Waals surface area contributed by atoms with E-state index in [1.54, 1.807) is 28.6 Å². The summed E-state index contributed by atoms with van der Waals surface area (Å²) in [5.41, 5.74) is 8.82. The highest BCUT2D eigenvalue weighted by molar-refractivity contribution is 6.03. The number of fused-ring (bicyclic) bond motifs is 1. The molecule has 10 nitrogen and oxygen atoms in total. The molecule has 0 radical (unpaired) electrons. The van der Waals surface area contributed by atoms with E-state index in [1.807, 2.05) is 74.8 Å². The van der Waals surface area contributed by atoms with E-state index in [0.29, 0.717) is 41.1 Å². The average Bonchev–Trinajstić information content (AvgIpc) is 3.54. The van der Waals surface area contributed by atoms with Gasteiger partial charge < -0.3 is 16.4 Å². The number of nitrogen functional groups attached to an aromatic ring is 1. The molecule has 10 heteroatoms. The number of amides is 1. The lowest BCUT2D eigenvalue weighted by molar-refractivity contribution is 0.0936. The van der Waals surface area contributed by atoms with Gasteiger partial charge in [0.15, 0.2) is 5.82 Å². The average molecular weight is 561 g/mol. The van der Waals surface area contributed by atoms with Crippen molar-refractivity contribution in [1.82, 2.24) is 29.4 Å². The summed E-state index contributed by atoms with van der Waals surface area (Å²) in [5, 5.41) is 15.8. The third-order valence-electron chi connectivity index (χ3n) is 6.92. The largest absolute Gasteiger partial charge is 0.381 e. The molecule has 42 heavy (non-hydrogen) atoms. The summed E-state index contributed by atoms with van der Waals surface area (Å²) in [6, 6.07) is 16.4. The molecule has 1 unspecified atom stereocenters. The summed E-state index contributed by atoms with van der Waals surface area (Å²) in [6.45, 7) is 6.11. The van der Waals surface area contributed by atoms with Crippen LogP contribution in [0.3, 0.4) is 0 Å². The highest BCUT2D eigenvalue weighted by Crippen LogP contribution is 2.27. The Morgan fingerprint density at radius 2 is 1.93 bits per heavy atom. The van der Waals surface area contributed by atoms with Crippen molar-refractivity contribution in [2.24, 2.45) is 14.1 Å². The Morgan fingerprint density at radius 3 is 2.62 bits per heavy atom. The summed E-state index contributed by atoms with van der Waals surface area (Å²) in [5.74, 6) is 6.46. The zero-order valence-corrected chi connectivity index (χ0v) is 23.8. The molecular formula is C32H32N8O2. The molecule has 1 atom stereocenters. The van der Waals surface area contributed by atoms with E-state index in [4.69, 9.17) is 5.73 Å². The minimum atomic E-state index is -0.521. The molecule has 1 amide bonds. The van der Waals surface area contributed by atoms with Crippen LogP contribution in [0.25, 0.3) is 16.5 Å². The van der Waals surface area contributed by atoms with Crippen molar-refractivity contribution < 1.29 is 4.79 Å². The fraction of sp³-hybridized carbons (Fsp3) is 0.188. The molecule has 0 aliphatic rings. The first-order valence-electron chi connectivity index (χ1n) is 13.5. The Labute approximate surface area is 243 Å². The fourth-order valence-corrected chi connectivity index (χ4v) is 4.97. The number of pyridine rings is 1. The van der Waals surface area contributed by atoms with Crippen LogP contribution in [-0.4, -0.2) is 36.6 Å². The zero-order chi connectivity index (χ0) is 29.8. The van der Waals surface area contributed by atoms with Crippen molar-refractivity contribution in [3.8, 4) is 17.5 Å². The first kappa shape index (κ1) is 28.0. The van der Waals surface area contributed by atoms with Crippen molar-refractivity contribution in [3.05, 3.63) is 112 Å². The van der Waals surface area contributed by atoms with Gasteiger partial charge in [-0.2, -0.15) is 10.2 Å². The maximum Gasteiger partial charge on any atom is 0.264 e. The molecule has 0 aliphatic heterocycles. The Hall–Kier alpha value is -5.56. The van der Waals surface area contributed by atoms with E-state index in [0.717, 1.165) is 10.9 Å². The Morgan fingerprint density at radius 1 is 1.14 bits per heavy atom. The Bertz CT molecular complexity index is 1900. The van der Waals surface area contributed by atoms with Crippen molar-refractivity contribution in [2.45, 2.75) is 19.4 Å². The third kappa shape index (κ3) is 5.40. The van der Waals surface area contributed by atoms with Crippen LogP contribution < -0.4 is 21.9 Å². The van der Waals surface area contributed by atoms with Crippen molar-refractivity contribution >= 4 is 28.3 Å². The van der Waals surface area contributed by atoms with Crippen LogP contribution in [0.15, 0.2) is 84.4 Å². The van der Waals surface area contributed by atoms with Gasteiger partial charge in [0, 0.05) is 43.8 Å². The summed E-state index contributed by atoms with van der Waals surface area (Å²) in [6.07, 6.45) is 5.70. The lowest BCUT2D eigenvalue weighted by Gasteiger charge is -2.23. The number of anilines is 2. The van der Waals surface area contributed by atoms with Crippen LogP contribution in [0.2, 0.25) is 0 Å². The van der Waals surface area contributed by atoms with Crippen molar-refractivity contribution in [3.63, 3.8) is 0 Å². The van der Waals surface area contributed by atoms with Gasteiger partial charge in [0.1, 0.15) is 11.4 Å². The van der Waals surface area contributed by atoms with Gasteiger partial charge in [-0.25, -0.2) is 0 Å². The first-order valence-corrected chi connectivity index (χ1v) is 13.5. The molecule has 0 spiro atoms. The first-order chi connectivity index (χ1) is 20.3. The minimum absolute atomic E-state index is 0.104. The molecule has 5 rings (SSSR count). The Kier molecular flexibility index (Phi) is 7.93. The number of benzene rings is 2. The van der Waals surface area contributed by atoms with Gasteiger partial charge in [-0.1, -0.05) is 55.2 Å². The second-order valence-electron chi connectivity index (χ2n) is 9.80. The topological polar surface area (TPSA) is 125 Å². The van der Waals surface area contributed by atoms with Gasteiger partial charge in [-0.15, -0.1) is 6.58 Å². The molecule has 4 N–H and O–H groups in total. The van der Waals surface area contributed by atoms with E-state index in [1.165, 1.54) is 4.68 Å². The monoisotopic (exact) mass is 560 g/mol. The van der Waals surface area contributed by atoms with Crippen LogP contribution >= 0.6 is 0 Å². The van der Waals surface area contributed by atoms with E-state index in [2.05, 4.69) is 39.3 Å². The SMILES string of the molecule is C=CCNc1c(C(=O)NC(CC)c2cc3cccc(C#Cc4cnn(C)c4)c3c(=O)n2-c2ccccc2)c(N)nn1C. The molecule has 212 valence electrons. The number of hydrogen-bond acceptors (Lipinski definition) is 6. The van der Waals surface area contributed by atoms with E-state index in [-0.39, 0.29) is 16.9 Å². The lowest BCUT2D eigenvalue weighted by Crippen LogP contribution is -2.34. The predicted octanol–water partition coefficient (Wildman–Crippen LogP) is 3.92. The number of aromatic nitrogens is 5. The molecule has 5 aromatic rings. The molecule has 0 saturated carbocycles. The van der Waals surface area contributed by atoms with E-state index < -0.39 is 11.9 Å². The Balaban J connectivity index is 1.64. The second kappa shape index (κ2) is 11.9. The third-order valence-corrected chi connectivity index (χ3v) is 6.92. The van der Waals surface area contributed by atoms with Gasteiger partial charge >= 0.3 is 0 Å². The van der Waals surface area contributed by atoms with Crippen molar-refractivity contribution in [2.75, 3.05) is 17.6 Å². The molecular weight excluding hydrogens is 528 g/mol. The molecule has 3 aromatic heterocycles. The summed E-state index contributed by atoms with van der Waals surface area (Å²) in [7, 11) is 3.54. The van der Waals surface area contributed by atoms with Gasteiger partial charge in [0.25, 0.3) is 11.5 Å². The minimum Gasteiger partial charge on any atom is -0.381 e. The molecule has 0 fully saturated rings. The van der Waals surface area contributed by atoms with Crippen molar-refractivity contribution in [1.29, 1.82) is 0 Å². The van der Waals surface area contributed by atoms with Crippen LogP contribution in [0.1, 0.15) is 46.6 Å². The number of nitrogens with one attached hydrogen (secondary N) is 2. The van der Waals surface area contributed by atoms with Gasteiger partial charge in [0.2, 0.25) is 0 Å². The van der Waals surface area contributed by atoms with E-state index in [9.17, 15) is 9.59 Å². The highest BCUT2D eigenvalue weighted by atomic mass is 16.2. The molecule has 2 aromatic carbocycles. The van der Waals surface area contributed by atoms with Gasteiger partial charge in [0.05, 0.1) is 23.2 Å². The number of carbonyl (C=O) groups is 1. The number of aryl methyl sites for hydroxylation is 2. The van der Waals surface area contributed by atoms with Crippen LogP contribution in [0.4, 0.5) is 11.6 Å². The van der Waals surface area contributed by atoms with Crippen LogP contribution in [0.5, 0.6) is 0 Å². The van der Waals surface area contributed by atoms with E-state index >= 15 is 0 Å². The normalized spacial score (nSPS) is 11.5. The molecule has 0 saturated heterocycles. The number of hydrogen-bond donors (Lipinski definition) is 3. The molecule has 0 bridgehead atoms. The smallest absolute Gasteiger partial charge is 0.264 e. The maximum absolute atomic E-state index is 14.3. The number of nitrogens with zero attached hydrogens (tertiary/aromatic N) is 5. The summed E-state index contributed by atoms with van der Waals surface area (Å²) < 4.78 is 4.85. The van der Waals surface area contributed by atoms with Crippen LogP contribution in [0, 0.1) is 11.8 Å². The molecule has 0 aliphatic carbocycles. The van der Waals surface area contributed by atoms with Crippen LogP contribution in [-0.2, 0) is 14.1 Å². The highest BCUT2D eigenvalue weighted by Gasteiger charge is 2.26. The summed E-state index contributed by atoms with van der Waals surface area (Å²) >= 11 is 0. The standard InChI is InChI=1S/C32H32N8O2/c1-5-17-34-30-28(29(33)37-39(30)4)31(41)36-25(6-2)26-18-23-12-10-11-22(16-15-21-19-35-38(3)20-21)27(23)32(42)40(26)24-13-8-7-9-14-24/h5,7-14,18-20,25,34H,1,6,17H2,2-4H3,(H2,33,37)(H,36,41). The number of nitrogens with two attached hydrogens (primary N) is 1. The quantitative estimate of drug-likeness (QED) is 0.195. The predicted molar refractivity (Wildman–Crippen MR) is 166 cm³/mol. The second-order valence-corrected chi connectivity index (χ2v) is 9.80. The zero-order valence-electron chi connectivity index (χ0n) is 23.8. The lowest BCUT2D eigenvalue weighted by atomic mass is 10.0. The number of para-hydroxylation sites is 1. The number of rotatable bonds is 8. The molecule has 3 heterocycles. The van der Waals surface area contributed by atoms with Gasteiger partial charge in [-0.3, -0.25) is 23.5 Å². The summed E-state index contributed by atoms with van der Waals surface area (Å²) in [4.78, 5) is 28.0. The van der Waals surface area contributed by atoms with Gasteiger partial charge in [-0.05, 0) is 36.1 Å². The number of carbonyl (C=O) groups excluding carboxylic acids is 1. The fourth-order valence-electron chi connectivity index (χ4n) is 4.97. The maximum atomic E-state index is 14.3.